The number of hydrogen-bond acceptors (Lipinski definition) is 6. The molecule has 1 heterocycles. The van der Waals surface area contributed by atoms with Gasteiger partial charge in [-0.3, -0.25) is 9.79 Å². The summed E-state index contributed by atoms with van der Waals surface area (Å²) >= 11 is 0. The molecule has 2 aromatic rings. The maximum Gasteiger partial charge on any atom is 0.204 e. The van der Waals surface area contributed by atoms with Crippen molar-refractivity contribution in [3.63, 3.8) is 0 Å². The number of carbonyl (C=O) groups is 1. The number of hydrogen-bond donors (Lipinski definition) is 3. The van der Waals surface area contributed by atoms with Gasteiger partial charge in [0, 0.05) is 47.9 Å². The third kappa shape index (κ3) is 9.65. The SMILES string of the molecule is C=C(Nc1ccc(NCCC(C)(C)F)cc1)c1c(F)cc(OCCC2COC2)cc1N=CC.NC=O. The van der Waals surface area contributed by atoms with Gasteiger partial charge in [0.05, 0.1) is 31.1 Å². The van der Waals surface area contributed by atoms with Gasteiger partial charge < -0.3 is 25.8 Å². The van der Waals surface area contributed by atoms with Crippen molar-refractivity contribution in [3.05, 3.63) is 54.4 Å². The van der Waals surface area contributed by atoms with Gasteiger partial charge in [0.15, 0.2) is 0 Å². The van der Waals surface area contributed by atoms with Crippen LogP contribution in [0, 0.1) is 11.7 Å². The largest absolute Gasteiger partial charge is 0.493 e. The lowest BCUT2D eigenvalue weighted by atomic mass is 10.1. The summed E-state index contributed by atoms with van der Waals surface area (Å²) < 4.78 is 39.6. The number of rotatable bonds is 12. The maximum atomic E-state index is 15.0. The highest BCUT2D eigenvalue weighted by molar-refractivity contribution is 5.83. The summed E-state index contributed by atoms with van der Waals surface area (Å²) in [5, 5.41) is 6.34. The lowest BCUT2D eigenvalue weighted by Crippen LogP contribution is -2.28. The summed E-state index contributed by atoms with van der Waals surface area (Å²) in [5.41, 5.74) is 5.73. The Hall–Kier alpha value is -3.46. The molecule has 0 aliphatic carbocycles. The highest BCUT2D eigenvalue weighted by Crippen LogP contribution is 2.34. The van der Waals surface area contributed by atoms with Crippen molar-refractivity contribution in [2.75, 3.05) is 37.0 Å². The third-order valence-corrected chi connectivity index (χ3v) is 5.34. The van der Waals surface area contributed by atoms with E-state index < -0.39 is 11.5 Å². The molecule has 196 valence electrons. The second-order valence-electron chi connectivity index (χ2n) is 8.94. The Balaban J connectivity index is 0.00000145. The number of primary amides is 1. The number of benzene rings is 2. The maximum absolute atomic E-state index is 15.0. The molecule has 0 radical (unpaired) electrons. The summed E-state index contributed by atoms with van der Waals surface area (Å²) in [5.74, 6) is 0.504. The average molecular weight is 503 g/mol. The molecule has 1 saturated heterocycles. The molecular formula is C27H36F2N4O3. The van der Waals surface area contributed by atoms with Gasteiger partial charge >= 0.3 is 0 Å². The molecule has 0 atom stereocenters. The van der Waals surface area contributed by atoms with E-state index in [1.807, 2.05) is 24.3 Å². The molecule has 3 rings (SSSR count). The van der Waals surface area contributed by atoms with Crippen LogP contribution in [-0.2, 0) is 9.53 Å². The molecule has 0 bridgehead atoms. The summed E-state index contributed by atoms with van der Waals surface area (Å²) in [4.78, 5) is 12.9. The topological polar surface area (TPSA) is 98.0 Å². The van der Waals surface area contributed by atoms with Gasteiger partial charge in [0.1, 0.15) is 17.2 Å². The molecule has 0 unspecified atom stereocenters. The van der Waals surface area contributed by atoms with Crippen LogP contribution in [0.5, 0.6) is 5.75 Å². The fourth-order valence-corrected chi connectivity index (χ4v) is 3.40. The standard InChI is InChI=1S/C26H33F2N3O2.CH3NO/c1-5-29-24-15-22(33-13-10-19-16-32-17-19)14-23(27)25(24)18(2)31-21-8-6-20(7-9-21)30-12-11-26(3,4)28;2-1-3/h5-9,14-15,19,30-31H,2,10-13,16-17H2,1,3-4H3;1H,(H2,2,3). The number of aliphatic imine (C=N–C) groups is 1. The lowest BCUT2D eigenvalue weighted by Gasteiger charge is -2.25. The summed E-state index contributed by atoms with van der Waals surface area (Å²) in [6.07, 6.45) is 3.15. The van der Waals surface area contributed by atoms with Crippen LogP contribution in [0.15, 0.2) is 48.0 Å². The summed E-state index contributed by atoms with van der Waals surface area (Å²) in [6, 6.07) is 10.6. The van der Waals surface area contributed by atoms with Crippen LogP contribution < -0.4 is 21.1 Å². The molecule has 9 heteroatoms. The van der Waals surface area contributed by atoms with Crippen molar-refractivity contribution in [2.24, 2.45) is 16.6 Å². The minimum Gasteiger partial charge on any atom is -0.493 e. The van der Waals surface area contributed by atoms with Crippen molar-refractivity contribution < 1.29 is 23.0 Å². The second-order valence-corrected chi connectivity index (χ2v) is 8.94. The van der Waals surface area contributed by atoms with E-state index in [9.17, 15) is 4.39 Å². The van der Waals surface area contributed by atoms with Crippen LogP contribution in [0.3, 0.4) is 0 Å². The van der Waals surface area contributed by atoms with Crippen LogP contribution in [0.4, 0.5) is 25.8 Å². The molecule has 1 aliphatic rings. The minimum atomic E-state index is -1.21. The van der Waals surface area contributed by atoms with Crippen molar-refractivity contribution in [3.8, 4) is 5.75 Å². The minimum absolute atomic E-state index is 0.250. The molecule has 0 spiro atoms. The number of alkyl halides is 1. The van der Waals surface area contributed by atoms with E-state index in [-0.39, 0.29) is 6.41 Å². The number of nitrogens with one attached hydrogen (secondary N) is 2. The number of carbonyl (C=O) groups excluding carboxylic acids is 1. The smallest absolute Gasteiger partial charge is 0.204 e. The summed E-state index contributed by atoms with van der Waals surface area (Å²) in [7, 11) is 0. The van der Waals surface area contributed by atoms with Crippen molar-refractivity contribution in [1.82, 2.24) is 0 Å². The Bertz CT molecular complexity index is 1020. The monoisotopic (exact) mass is 502 g/mol. The highest BCUT2D eigenvalue weighted by atomic mass is 19.1. The molecule has 4 N–H and O–H groups in total. The van der Waals surface area contributed by atoms with E-state index in [4.69, 9.17) is 14.3 Å². The van der Waals surface area contributed by atoms with Crippen molar-refractivity contribution in [2.45, 2.75) is 39.3 Å². The quantitative estimate of drug-likeness (QED) is 0.256. The van der Waals surface area contributed by atoms with Crippen LogP contribution in [0.25, 0.3) is 5.70 Å². The first-order chi connectivity index (χ1) is 17.2. The number of amides is 1. The first kappa shape index (κ1) is 28.8. The van der Waals surface area contributed by atoms with Gasteiger partial charge in [-0.2, -0.15) is 0 Å². The molecule has 0 aromatic heterocycles. The van der Waals surface area contributed by atoms with Gasteiger partial charge in [0.25, 0.3) is 0 Å². The fraction of sp³-hybridized carbons (Fsp3) is 0.407. The molecular weight excluding hydrogens is 466 g/mol. The van der Waals surface area contributed by atoms with Gasteiger partial charge in [-0.1, -0.05) is 6.58 Å². The molecule has 36 heavy (non-hydrogen) atoms. The fourth-order valence-electron chi connectivity index (χ4n) is 3.40. The molecule has 7 nitrogen and oxygen atoms in total. The zero-order chi connectivity index (χ0) is 26.6. The van der Waals surface area contributed by atoms with Gasteiger partial charge in [0.2, 0.25) is 6.41 Å². The van der Waals surface area contributed by atoms with Gasteiger partial charge in [-0.25, -0.2) is 8.78 Å². The van der Waals surface area contributed by atoms with Crippen molar-refractivity contribution in [1.29, 1.82) is 0 Å². The van der Waals surface area contributed by atoms with Crippen molar-refractivity contribution >= 4 is 35.4 Å². The van der Waals surface area contributed by atoms with E-state index >= 15 is 4.39 Å². The van der Waals surface area contributed by atoms with Crippen LogP contribution in [0.1, 0.15) is 39.2 Å². The molecule has 1 aliphatic heterocycles. The Morgan fingerprint density at radius 2 is 1.92 bits per heavy atom. The molecule has 0 saturated carbocycles. The third-order valence-electron chi connectivity index (χ3n) is 5.34. The van der Waals surface area contributed by atoms with E-state index in [2.05, 4.69) is 27.9 Å². The number of anilines is 2. The Kier molecular flexibility index (Phi) is 11.3. The zero-order valence-corrected chi connectivity index (χ0v) is 21.2. The number of halogens is 2. The van der Waals surface area contributed by atoms with Crippen LogP contribution >= 0.6 is 0 Å². The molecule has 2 aromatic carbocycles. The lowest BCUT2D eigenvalue weighted by molar-refractivity contribution is -0.106. The number of nitrogens with two attached hydrogens (primary N) is 1. The Morgan fingerprint density at radius 3 is 2.47 bits per heavy atom. The van der Waals surface area contributed by atoms with Gasteiger partial charge in [-0.05, 0) is 57.9 Å². The first-order valence-corrected chi connectivity index (χ1v) is 11.8. The average Bonchev–Trinajstić information content (AvgIpc) is 2.76. The normalized spacial score (nSPS) is 13.4. The van der Waals surface area contributed by atoms with Crippen LogP contribution in [0.2, 0.25) is 0 Å². The number of nitrogens with zero attached hydrogens (tertiary/aromatic N) is 1. The molecule has 1 amide bonds. The summed E-state index contributed by atoms with van der Waals surface area (Å²) in [6.45, 7) is 11.5. The van der Waals surface area contributed by atoms with E-state index in [0.717, 1.165) is 31.0 Å². The molecule has 1 fully saturated rings. The van der Waals surface area contributed by atoms with E-state index in [0.29, 0.717) is 48.2 Å². The predicted molar refractivity (Wildman–Crippen MR) is 142 cm³/mol. The Labute approximate surface area is 211 Å². The van der Waals surface area contributed by atoms with E-state index in [1.54, 1.807) is 33.1 Å². The van der Waals surface area contributed by atoms with Crippen LogP contribution in [-0.4, -0.2) is 44.7 Å². The number of ether oxygens (including phenoxy) is 2. The Morgan fingerprint density at radius 1 is 1.28 bits per heavy atom. The zero-order valence-electron chi connectivity index (χ0n) is 21.2. The van der Waals surface area contributed by atoms with Gasteiger partial charge in [-0.15, -0.1) is 0 Å². The highest BCUT2D eigenvalue weighted by Gasteiger charge is 2.19. The van der Waals surface area contributed by atoms with E-state index in [1.165, 1.54) is 6.07 Å². The second kappa shape index (κ2) is 14.2. The predicted octanol–water partition coefficient (Wildman–Crippen LogP) is 5.70. The first-order valence-electron chi connectivity index (χ1n) is 11.8.